The molecule has 0 unspecified atom stereocenters. The largest absolute Gasteiger partial charge is 0.392 e. The Kier molecular flexibility index (Phi) is 6.38. The summed E-state index contributed by atoms with van der Waals surface area (Å²) in [6.45, 7) is 6.48. The number of anilines is 3. The lowest BCUT2D eigenvalue weighted by molar-refractivity contribution is 0.0980. The molecule has 0 saturated heterocycles. The third-order valence-corrected chi connectivity index (χ3v) is 7.89. The average molecular weight is 538 g/mol. The number of aliphatic hydroxyl groups excluding tert-OH is 1. The fourth-order valence-corrected chi connectivity index (χ4v) is 5.52. The zero-order valence-corrected chi connectivity index (χ0v) is 23.4. The van der Waals surface area contributed by atoms with Gasteiger partial charge in [0, 0.05) is 48.7 Å². The van der Waals surface area contributed by atoms with Crippen LogP contribution in [-0.4, -0.2) is 31.9 Å². The second kappa shape index (κ2) is 9.78. The number of pyridine rings is 1. The number of carbonyl (C=O) groups excluding carboxylic acids is 1. The quantitative estimate of drug-likeness (QED) is 0.347. The molecule has 4 aromatic rings. The molecule has 2 aromatic heterocycles. The summed E-state index contributed by atoms with van der Waals surface area (Å²) >= 11 is 0. The molecule has 1 amide bonds. The highest BCUT2D eigenvalue weighted by molar-refractivity contribution is 6.09. The number of hydrogen-bond donors (Lipinski definition) is 2. The lowest BCUT2D eigenvalue weighted by Gasteiger charge is -2.31. The summed E-state index contributed by atoms with van der Waals surface area (Å²) in [6, 6.07) is 15.6. The molecule has 0 spiro atoms. The number of rotatable bonds is 6. The molecule has 2 aliphatic rings. The summed E-state index contributed by atoms with van der Waals surface area (Å²) < 4.78 is 3.36. The first-order valence-corrected chi connectivity index (χ1v) is 13.9. The van der Waals surface area contributed by atoms with Crippen molar-refractivity contribution in [1.82, 2.24) is 14.3 Å². The minimum atomic E-state index is -0.246. The van der Waals surface area contributed by atoms with Gasteiger partial charge in [-0.3, -0.25) is 14.3 Å². The van der Waals surface area contributed by atoms with E-state index in [2.05, 4.69) is 43.3 Å². The smallest absolute Gasteiger partial charge is 0.274 e. The summed E-state index contributed by atoms with van der Waals surface area (Å²) in [5.41, 5.74) is 6.03. The van der Waals surface area contributed by atoms with Crippen LogP contribution in [0.1, 0.15) is 66.6 Å². The van der Waals surface area contributed by atoms with Crippen molar-refractivity contribution >= 4 is 23.1 Å². The van der Waals surface area contributed by atoms with Crippen molar-refractivity contribution in [2.45, 2.75) is 58.1 Å². The SMILES string of the molecule is Cn1cc(-c2cccc(N3CCc4cc(C5CC5)ccc4C3=O)c2CO)cc(Nc2ccn(C(C)(C)C)n2)c1=O. The Morgan fingerprint density at radius 2 is 1.85 bits per heavy atom. The lowest BCUT2D eigenvalue weighted by Crippen LogP contribution is -2.38. The molecule has 2 aromatic carbocycles. The lowest BCUT2D eigenvalue weighted by atomic mass is 9.93. The van der Waals surface area contributed by atoms with Gasteiger partial charge in [-0.2, -0.15) is 5.10 Å². The number of aliphatic hydroxyl groups is 1. The molecule has 2 N–H and O–H groups in total. The van der Waals surface area contributed by atoms with Gasteiger partial charge in [-0.25, -0.2) is 0 Å². The van der Waals surface area contributed by atoms with Gasteiger partial charge >= 0.3 is 0 Å². The number of amides is 1. The molecule has 8 nitrogen and oxygen atoms in total. The van der Waals surface area contributed by atoms with Gasteiger partial charge < -0.3 is 19.9 Å². The second-order valence-corrected chi connectivity index (χ2v) is 11.9. The van der Waals surface area contributed by atoms with Crippen LogP contribution in [0.25, 0.3) is 11.1 Å². The molecule has 0 bridgehead atoms. The van der Waals surface area contributed by atoms with Gasteiger partial charge in [0.15, 0.2) is 5.82 Å². The molecule has 3 heterocycles. The maximum absolute atomic E-state index is 13.6. The van der Waals surface area contributed by atoms with E-state index in [0.29, 0.717) is 35.2 Å². The molecule has 8 heteroatoms. The molecule has 0 atom stereocenters. The Hall–Kier alpha value is -4.17. The summed E-state index contributed by atoms with van der Waals surface area (Å²) in [6.07, 6.45) is 6.87. The number of benzene rings is 2. The number of aromatic nitrogens is 3. The van der Waals surface area contributed by atoms with Crippen LogP contribution in [0.2, 0.25) is 0 Å². The minimum absolute atomic E-state index is 0.0484. The molecule has 6 rings (SSSR count). The fraction of sp³-hybridized carbons (Fsp3) is 0.344. The van der Waals surface area contributed by atoms with Crippen LogP contribution in [-0.2, 0) is 25.6 Å². The monoisotopic (exact) mass is 537 g/mol. The van der Waals surface area contributed by atoms with Crippen molar-refractivity contribution < 1.29 is 9.90 Å². The molecule has 40 heavy (non-hydrogen) atoms. The molecule has 1 aliphatic carbocycles. The molecular weight excluding hydrogens is 502 g/mol. The standard InChI is InChI=1S/C32H35N5O3/c1-32(2,3)37-15-13-29(34-37)33-27-17-23(18-35(4)31(27)40)24-6-5-7-28(26(24)19-38)36-14-12-22-16-21(20-8-9-20)10-11-25(22)30(36)39/h5-7,10-11,13,15-18,20,38H,8-9,12,14,19H2,1-4H3,(H,33,34). The maximum atomic E-state index is 13.6. The number of hydrogen-bond acceptors (Lipinski definition) is 5. The number of carbonyl (C=O) groups is 1. The Morgan fingerprint density at radius 1 is 1.05 bits per heavy atom. The van der Waals surface area contributed by atoms with Gasteiger partial charge in [0.25, 0.3) is 11.5 Å². The number of fused-ring (bicyclic) bond motifs is 1. The fourth-order valence-electron chi connectivity index (χ4n) is 5.52. The highest BCUT2D eigenvalue weighted by Gasteiger charge is 2.30. The van der Waals surface area contributed by atoms with Crippen LogP contribution >= 0.6 is 0 Å². The zero-order chi connectivity index (χ0) is 28.2. The molecule has 0 radical (unpaired) electrons. The van der Waals surface area contributed by atoms with E-state index in [-0.39, 0.29) is 23.6 Å². The third-order valence-electron chi connectivity index (χ3n) is 7.89. The van der Waals surface area contributed by atoms with Crippen LogP contribution in [0.15, 0.2) is 65.7 Å². The van der Waals surface area contributed by atoms with Crippen molar-refractivity contribution in [3.63, 3.8) is 0 Å². The summed E-state index contributed by atoms with van der Waals surface area (Å²) in [7, 11) is 1.70. The van der Waals surface area contributed by atoms with Crippen molar-refractivity contribution in [2.24, 2.45) is 7.05 Å². The van der Waals surface area contributed by atoms with Gasteiger partial charge in [0.05, 0.1) is 17.8 Å². The van der Waals surface area contributed by atoms with E-state index in [4.69, 9.17) is 0 Å². The minimum Gasteiger partial charge on any atom is -0.392 e. The predicted octanol–water partition coefficient (Wildman–Crippen LogP) is 5.32. The maximum Gasteiger partial charge on any atom is 0.274 e. The van der Waals surface area contributed by atoms with Crippen molar-refractivity contribution in [2.75, 3.05) is 16.8 Å². The normalized spacial score (nSPS) is 15.3. The van der Waals surface area contributed by atoms with E-state index in [1.807, 2.05) is 41.2 Å². The topological polar surface area (TPSA) is 92.4 Å². The van der Waals surface area contributed by atoms with Crippen LogP contribution in [0.5, 0.6) is 0 Å². The first kappa shape index (κ1) is 26.1. The zero-order valence-electron chi connectivity index (χ0n) is 23.4. The summed E-state index contributed by atoms with van der Waals surface area (Å²) in [4.78, 5) is 28.4. The molecule has 1 aliphatic heterocycles. The Labute approximate surface area is 233 Å². The molecule has 206 valence electrons. The van der Waals surface area contributed by atoms with Crippen molar-refractivity contribution in [3.8, 4) is 11.1 Å². The Morgan fingerprint density at radius 3 is 2.55 bits per heavy atom. The van der Waals surface area contributed by atoms with E-state index < -0.39 is 0 Å². The van der Waals surface area contributed by atoms with Gasteiger partial charge in [-0.15, -0.1) is 0 Å². The van der Waals surface area contributed by atoms with Gasteiger partial charge in [-0.05, 0) is 80.8 Å². The highest BCUT2D eigenvalue weighted by atomic mass is 16.3. The Bertz CT molecular complexity index is 1670. The first-order valence-electron chi connectivity index (χ1n) is 13.9. The van der Waals surface area contributed by atoms with E-state index >= 15 is 0 Å². The summed E-state index contributed by atoms with van der Waals surface area (Å²) in [5, 5.41) is 18.3. The second-order valence-electron chi connectivity index (χ2n) is 11.9. The average Bonchev–Trinajstić information content (AvgIpc) is 3.67. The highest BCUT2D eigenvalue weighted by Crippen LogP contribution is 2.41. The van der Waals surface area contributed by atoms with Gasteiger partial charge in [0.2, 0.25) is 0 Å². The van der Waals surface area contributed by atoms with E-state index in [1.165, 1.54) is 23.0 Å². The van der Waals surface area contributed by atoms with E-state index in [9.17, 15) is 14.7 Å². The van der Waals surface area contributed by atoms with Crippen LogP contribution in [0, 0.1) is 0 Å². The van der Waals surface area contributed by atoms with E-state index in [1.54, 1.807) is 24.2 Å². The van der Waals surface area contributed by atoms with Crippen LogP contribution in [0.4, 0.5) is 17.2 Å². The molecular formula is C32H35N5O3. The van der Waals surface area contributed by atoms with Gasteiger partial charge in [-0.1, -0.05) is 24.3 Å². The van der Waals surface area contributed by atoms with Crippen LogP contribution in [0.3, 0.4) is 0 Å². The first-order chi connectivity index (χ1) is 19.1. The summed E-state index contributed by atoms with van der Waals surface area (Å²) in [5.74, 6) is 1.17. The number of nitrogens with zero attached hydrogens (tertiary/aromatic N) is 4. The van der Waals surface area contributed by atoms with Gasteiger partial charge in [0.1, 0.15) is 5.69 Å². The molecule has 1 fully saturated rings. The predicted molar refractivity (Wildman–Crippen MR) is 157 cm³/mol. The van der Waals surface area contributed by atoms with Crippen molar-refractivity contribution in [3.05, 3.63) is 93.5 Å². The molecule has 1 saturated carbocycles. The van der Waals surface area contributed by atoms with Crippen LogP contribution < -0.4 is 15.8 Å². The third kappa shape index (κ3) is 4.73. The Balaban J connectivity index is 1.35. The number of aryl methyl sites for hydroxylation is 1. The number of nitrogens with one attached hydrogen (secondary N) is 1. The van der Waals surface area contributed by atoms with Crippen molar-refractivity contribution in [1.29, 1.82) is 0 Å². The van der Waals surface area contributed by atoms with E-state index in [0.717, 1.165) is 28.7 Å².